The van der Waals surface area contributed by atoms with Crippen molar-refractivity contribution in [2.24, 2.45) is 5.41 Å². The first-order valence-corrected chi connectivity index (χ1v) is 8.46. The van der Waals surface area contributed by atoms with Gasteiger partial charge >= 0.3 is 5.97 Å². The Morgan fingerprint density at radius 3 is 2.42 bits per heavy atom. The first-order chi connectivity index (χ1) is 12.6. The molecule has 1 aliphatic carbocycles. The van der Waals surface area contributed by atoms with Crippen LogP contribution in [0.5, 0.6) is 0 Å². The normalized spacial score (nSPS) is 21.2. The fraction of sp³-hybridized carbons (Fsp3) is 0.182. The molecule has 2 aromatic rings. The van der Waals surface area contributed by atoms with E-state index in [2.05, 4.69) is 5.32 Å². The van der Waals surface area contributed by atoms with Gasteiger partial charge in [0, 0.05) is 11.3 Å². The molecule has 4 nitrogen and oxygen atoms in total. The average molecular weight is 347 g/mol. The van der Waals surface area contributed by atoms with E-state index in [1.807, 2.05) is 73.7 Å². The number of Topliss-reactive ketones (excluding diaryl/α,β-unsaturated/α-hetero) is 1. The molecule has 0 aromatic heterocycles. The summed E-state index contributed by atoms with van der Waals surface area (Å²) >= 11 is 0. The van der Waals surface area contributed by atoms with Gasteiger partial charge in [-0.1, -0.05) is 66.8 Å². The molecule has 0 saturated carbocycles. The number of carbonyl (C=O) groups excluding carboxylic acids is 2. The average Bonchev–Trinajstić information content (AvgIpc) is 2.69. The largest absolute Gasteiger partial charge is 0.465 e. The second-order valence-electron chi connectivity index (χ2n) is 6.38. The number of carbonyl (C=O) groups is 2. The smallest absolute Gasteiger partial charge is 0.339 e. The van der Waals surface area contributed by atoms with Gasteiger partial charge in [-0.15, -0.1) is 0 Å². The van der Waals surface area contributed by atoms with Crippen LogP contribution in [0.25, 0.3) is 0 Å². The van der Waals surface area contributed by atoms with Gasteiger partial charge in [-0.05, 0) is 19.1 Å². The summed E-state index contributed by atoms with van der Waals surface area (Å²) in [4.78, 5) is 25.2. The van der Waals surface area contributed by atoms with Gasteiger partial charge in [0.15, 0.2) is 5.78 Å². The van der Waals surface area contributed by atoms with Gasteiger partial charge in [-0.25, -0.2) is 4.79 Å². The van der Waals surface area contributed by atoms with Crippen molar-refractivity contribution in [2.45, 2.75) is 13.0 Å². The van der Waals surface area contributed by atoms with Gasteiger partial charge in [0.2, 0.25) is 0 Å². The Hall–Kier alpha value is -3.14. The number of methoxy groups -OCH3 is 1. The van der Waals surface area contributed by atoms with E-state index in [1.54, 1.807) is 12.1 Å². The first kappa shape index (κ1) is 17.7. The van der Waals surface area contributed by atoms with E-state index in [4.69, 9.17) is 4.74 Å². The number of ether oxygens (including phenoxy) is 1. The van der Waals surface area contributed by atoms with Gasteiger partial charge in [0.1, 0.15) is 0 Å². The molecule has 132 valence electrons. The predicted molar refractivity (Wildman–Crippen MR) is 102 cm³/mol. The second kappa shape index (κ2) is 7.40. The van der Waals surface area contributed by atoms with Crippen molar-refractivity contribution in [1.29, 1.82) is 0 Å². The Balaban J connectivity index is 1.94. The van der Waals surface area contributed by atoms with Crippen molar-refractivity contribution in [2.75, 3.05) is 12.4 Å². The quantitative estimate of drug-likeness (QED) is 0.648. The van der Waals surface area contributed by atoms with Crippen LogP contribution < -0.4 is 5.32 Å². The zero-order valence-electron chi connectivity index (χ0n) is 14.8. The summed E-state index contributed by atoms with van der Waals surface area (Å²) in [7, 11) is 1.35. The standard InChI is InChI=1S/C22H21NO3/c1-22(20(24)16-10-4-3-5-11-16)15-9-8-14-19(22)23-18-13-7-6-12-17(18)21(25)26-2/h3-15,19,23H,1-2H3. The van der Waals surface area contributed by atoms with E-state index in [1.165, 1.54) is 7.11 Å². The van der Waals surface area contributed by atoms with Crippen LogP contribution in [0.2, 0.25) is 0 Å². The van der Waals surface area contributed by atoms with Crippen molar-refractivity contribution in [3.8, 4) is 0 Å². The number of hydrogen-bond acceptors (Lipinski definition) is 4. The molecule has 1 aliphatic rings. The van der Waals surface area contributed by atoms with Crippen molar-refractivity contribution in [3.63, 3.8) is 0 Å². The molecular formula is C22H21NO3. The van der Waals surface area contributed by atoms with E-state index in [9.17, 15) is 9.59 Å². The van der Waals surface area contributed by atoms with Crippen LogP contribution in [0.15, 0.2) is 78.9 Å². The van der Waals surface area contributed by atoms with Crippen molar-refractivity contribution >= 4 is 17.4 Å². The van der Waals surface area contributed by atoms with E-state index in [0.29, 0.717) is 16.8 Å². The summed E-state index contributed by atoms with van der Waals surface area (Å²) in [5.41, 5.74) is 0.950. The summed E-state index contributed by atoms with van der Waals surface area (Å²) in [5.74, 6) is -0.397. The van der Waals surface area contributed by atoms with Crippen LogP contribution in [-0.4, -0.2) is 24.9 Å². The molecule has 26 heavy (non-hydrogen) atoms. The molecule has 1 N–H and O–H groups in total. The molecule has 0 aliphatic heterocycles. The fourth-order valence-corrected chi connectivity index (χ4v) is 3.11. The number of allylic oxidation sites excluding steroid dienone is 2. The number of nitrogens with one attached hydrogen (secondary N) is 1. The van der Waals surface area contributed by atoms with Crippen molar-refractivity contribution < 1.29 is 14.3 Å². The molecule has 4 heteroatoms. The van der Waals surface area contributed by atoms with E-state index in [0.717, 1.165) is 0 Å². The van der Waals surface area contributed by atoms with Crippen LogP contribution in [0, 0.1) is 5.41 Å². The minimum absolute atomic E-state index is 0.0201. The van der Waals surface area contributed by atoms with Crippen LogP contribution in [0.4, 0.5) is 5.69 Å². The topological polar surface area (TPSA) is 55.4 Å². The van der Waals surface area contributed by atoms with Gasteiger partial charge < -0.3 is 10.1 Å². The maximum Gasteiger partial charge on any atom is 0.339 e. The summed E-state index contributed by atoms with van der Waals surface area (Å²) in [6.07, 6.45) is 7.62. The van der Waals surface area contributed by atoms with Gasteiger partial charge in [0.25, 0.3) is 0 Å². The van der Waals surface area contributed by atoms with Gasteiger partial charge in [0.05, 0.1) is 24.1 Å². The highest BCUT2D eigenvalue weighted by Gasteiger charge is 2.39. The minimum atomic E-state index is -0.778. The Morgan fingerprint density at radius 2 is 1.69 bits per heavy atom. The van der Waals surface area contributed by atoms with E-state index < -0.39 is 11.4 Å². The van der Waals surface area contributed by atoms with Crippen LogP contribution in [0.3, 0.4) is 0 Å². The zero-order valence-corrected chi connectivity index (χ0v) is 14.8. The van der Waals surface area contributed by atoms with Crippen molar-refractivity contribution in [1.82, 2.24) is 0 Å². The number of ketones is 1. The molecule has 0 fully saturated rings. The first-order valence-electron chi connectivity index (χ1n) is 8.46. The number of para-hydroxylation sites is 1. The van der Waals surface area contributed by atoms with Gasteiger partial charge in [-0.3, -0.25) is 4.79 Å². The molecule has 0 radical (unpaired) electrons. The predicted octanol–water partition coefficient (Wildman–Crippen LogP) is 4.27. The minimum Gasteiger partial charge on any atom is -0.465 e. The summed E-state index contributed by atoms with van der Waals surface area (Å²) in [6, 6.07) is 16.1. The van der Waals surface area contributed by atoms with E-state index >= 15 is 0 Å². The molecule has 2 aromatic carbocycles. The van der Waals surface area contributed by atoms with Crippen LogP contribution in [-0.2, 0) is 4.74 Å². The highest BCUT2D eigenvalue weighted by Crippen LogP contribution is 2.34. The molecule has 0 heterocycles. The SMILES string of the molecule is COC(=O)c1ccccc1NC1C=CC=CC1(C)C(=O)c1ccccc1. The molecule has 0 amide bonds. The Labute approximate surface area is 153 Å². The summed E-state index contributed by atoms with van der Waals surface area (Å²) in [5, 5.41) is 3.35. The number of esters is 1. The van der Waals surface area contributed by atoms with Gasteiger partial charge in [-0.2, -0.15) is 0 Å². The highest BCUT2D eigenvalue weighted by atomic mass is 16.5. The Bertz CT molecular complexity index is 870. The maximum absolute atomic E-state index is 13.2. The van der Waals surface area contributed by atoms with E-state index in [-0.39, 0.29) is 11.8 Å². The lowest BCUT2D eigenvalue weighted by molar-refractivity contribution is 0.0601. The third-order valence-electron chi connectivity index (χ3n) is 4.67. The molecular weight excluding hydrogens is 326 g/mol. The monoisotopic (exact) mass is 347 g/mol. The maximum atomic E-state index is 13.2. The molecule has 3 rings (SSSR count). The van der Waals surface area contributed by atoms with Crippen LogP contribution >= 0.6 is 0 Å². The second-order valence-corrected chi connectivity index (χ2v) is 6.38. The third-order valence-corrected chi connectivity index (χ3v) is 4.67. The number of anilines is 1. The van der Waals surface area contributed by atoms with Crippen LogP contribution in [0.1, 0.15) is 27.6 Å². The number of hydrogen-bond donors (Lipinski definition) is 1. The van der Waals surface area contributed by atoms with Crippen molar-refractivity contribution in [3.05, 3.63) is 90.0 Å². The summed E-state index contributed by atoms with van der Waals surface area (Å²) < 4.78 is 4.86. The third kappa shape index (κ3) is 3.31. The molecule has 2 unspecified atom stereocenters. The fourth-order valence-electron chi connectivity index (χ4n) is 3.11. The number of rotatable bonds is 5. The number of benzene rings is 2. The molecule has 0 spiro atoms. The lowest BCUT2D eigenvalue weighted by Gasteiger charge is -2.35. The molecule has 2 atom stereocenters. The molecule has 0 saturated heterocycles. The zero-order chi connectivity index (χ0) is 18.6. The lowest BCUT2D eigenvalue weighted by atomic mass is 9.73. The highest BCUT2D eigenvalue weighted by molar-refractivity contribution is 6.03. The Morgan fingerprint density at radius 1 is 1.00 bits per heavy atom. The summed E-state index contributed by atoms with van der Waals surface area (Å²) in [6.45, 7) is 1.90. The Kier molecular flexibility index (Phi) is 5.03. The molecule has 0 bridgehead atoms. The lowest BCUT2D eigenvalue weighted by Crippen LogP contribution is -2.43.